The van der Waals surface area contributed by atoms with Gasteiger partial charge in [-0.3, -0.25) is 0 Å². The van der Waals surface area contributed by atoms with Crippen LogP contribution < -0.4 is 5.32 Å². The lowest BCUT2D eigenvalue weighted by molar-refractivity contribution is 0.193. The van der Waals surface area contributed by atoms with Gasteiger partial charge in [-0.05, 0) is 38.3 Å². The summed E-state index contributed by atoms with van der Waals surface area (Å²) in [4.78, 5) is 14.8. The van der Waals surface area contributed by atoms with E-state index in [0.29, 0.717) is 37.5 Å². The highest BCUT2D eigenvalue weighted by Crippen LogP contribution is 2.20. The number of nitrogens with zero attached hydrogens (tertiary/aromatic N) is 2. The van der Waals surface area contributed by atoms with Gasteiger partial charge in [-0.1, -0.05) is 49.8 Å². The number of sulfonamides is 1. The van der Waals surface area contributed by atoms with Crippen LogP contribution in [0.2, 0.25) is 0 Å². The largest absolute Gasteiger partial charge is 0.335 e. The van der Waals surface area contributed by atoms with Crippen LogP contribution >= 0.6 is 0 Å². The Morgan fingerprint density at radius 1 is 0.893 bits per heavy atom. The zero-order valence-electron chi connectivity index (χ0n) is 16.9. The first-order valence-corrected chi connectivity index (χ1v) is 12.0. The average Bonchev–Trinajstić information content (AvgIpc) is 2.91. The van der Waals surface area contributed by atoms with Gasteiger partial charge in [-0.25, -0.2) is 13.2 Å². The van der Waals surface area contributed by atoms with E-state index in [1.165, 1.54) is 36.4 Å². The van der Waals surface area contributed by atoms with E-state index in [1.54, 1.807) is 17.0 Å². The molecule has 0 radical (unpaired) electrons. The quantitative estimate of drug-likeness (QED) is 0.833. The molecule has 2 amide bonds. The third-order valence-electron chi connectivity index (χ3n) is 5.83. The first-order chi connectivity index (χ1) is 13.5. The Kier molecular flexibility index (Phi) is 7.35. The molecule has 6 nitrogen and oxygen atoms in total. The Labute approximate surface area is 169 Å². The Bertz CT molecular complexity index is 741. The van der Waals surface area contributed by atoms with Gasteiger partial charge in [0.1, 0.15) is 0 Å². The smallest absolute Gasteiger partial charge is 0.317 e. The van der Waals surface area contributed by atoms with Crippen molar-refractivity contribution in [3.8, 4) is 0 Å². The maximum absolute atomic E-state index is 12.9. The second kappa shape index (κ2) is 9.74. The van der Waals surface area contributed by atoms with Gasteiger partial charge in [-0.15, -0.1) is 0 Å². The molecule has 1 aliphatic heterocycles. The summed E-state index contributed by atoms with van der Waals surface area (Å²) in [5, 5.41) is 3.19. The number of carbonyl (C=O) groups excluding carboxylic acids is 1. The number of hydrogen-bond acceptors (Lipinski definition) is 3. The van der Waals surface area contributed by atoms with Gasteiger partial charge >= 0.3 is 6.03 Å². The number of aryl methyl sites for hydroxylation is 1. The van der Waals surface area contributed by atoms with Crippen LogP contribution in [-0.4, -0.2) is 55.9 Å². The summed E-state index contributed by atoms with van der Waals surface area (Å²) in [6, 6.07) is 7.17. The van der Waals surface area contributed by atoms with E-state index in [4.69, 9.17) is 0 Å². The molecule has 1 aromatic rings. The Hall–Kier alpha value is -1.60. The molecule has 3 rings (SSSR count). The van der Waals surface area contributed by atoms with Gasteiger partial charge < -0.3 is 10.2 Å². The van der Waals surface area contributed by atoms with Crippen molar-refractivity contribution in [3.63, 3.8) is 0 Å². The molecule has 2 fully saturated rings. The summed E-state index contributed by atoms with van der Waals surface area (Å²) in [5.74, 6) is 0. The van der Waals surface area contributed by atoms with Gasteiger partial charge in [0.05, 0.1) is 4.90 Å². The Balaban J connectivity index is 1.57. The molecule has 1 saturated heterocycles. The molecule has 2 aliphatic rings. The van der Waals surface area contributed by atoms with E-state index in [0.717, 1.165) is 18.4 Å². The van der Waals surface area contributed by atoms with Crippen molar-refractivity contribution in [1.82, 2.24) is 14.5 Å². The van der Waals surface area contributed by atoms with Gasteiger partial charge in [0.25, 0.3) is 0 Å². The van der Waals surface area contributed by atoms with Crippen molar-refractivity contribution in [2.24, 2.45) is 0 Å². The van der Waals surface area contributed by atoms with Gasteiger partial charge in [0, 0.05) is 32.2 Å². The second-order valence-electron chi connectivity index (χ2n) is 8.05. The SMILES string of the molecule is Cc1ccc(S(=O)(=O)N2CCCN(C(=O)NC3CCCCCCC3)CC2)cc1. The van der Waals surface area contributed by atoms with Crippen molar-refractivity contribution in [2.45, 2.75) is 69.2 Å². The fourth-order valence-corrected chi connectivity index (χ4v) is 5.53. The number of rotatable bonds is 3. The van der Waals surface area contributed by atoms with Crippen LogP contribution in [0, 0.1) is 6.92 Å². The summed E-state index contributed by atoms with van der Waals surface area (Å²) in [5.41, 5.74) is 1.03. The van der Waals surface area contributed by atoms with Gasteiger partial charge in [-0.2, -0.15) is 4.31 Å². The Morgan fingerprint density at radius 3 is 2.21 bits per heavy atom. The molecule has 1 N–H and O–H groups in total. The molecule has 0 aromatic heterocycles. The average molecular weight is 408 g/mol. The molecular weight excluding hydrogens is 374 g/mol. The lowest BCUT2D eigenvalue weighted by Crippen LogP contribution is -2.46. The second-order valence-corrected chi connectivity index (χ2v) is 9.99. The maximum atomic E-state index is 12.9. The minimum absolute atomic E-state index is 0.0415. The number of benzene rings is 1. The maximum Gasteiger partial charge on any atom is 0.317 e. The van der Waals surface area contributed by atoms with E-state index in [-0.39, 0.29) is 12.1 Å². The van der Waals surface area contributed by atoms with Crippen LogP contribution in [0.5, 0.6) is 0 Å². The lowest BCUT2D eigenvalue weighted by atomic mass is 9.97. The molecule has 0 unspecified atom stereocenters. The zero-order chi connectivity index (χ0) is 20.0. The minimum atomic E-state index is -3.51. The predicted octanol–water partition coefficient (Wildman–Crippen LogP) is 3.51. The number of carbonyl (C=O) groups is 1. The molecule has 156 valence electrons. The molecule has 1 saturated carbocycles. The fourth-order valence-electron chi connectivity index (χ4n) is 4.06. The monoisotopic (exact) mass is 407 g/mol. The highest BCUT2D eigenvalue weighted by molar-refractivity contribution is 7.89. The van der Waals surface area contributed by atoms with E-state index in [1.807, 2.05) is 19.1 Å². The molecule has 1 heterocycles. The zero-order valence-corrected chi connectivity index (χ0v) is 17.7. The highest BCUT2D eigenvalue weighted by atomic mass is 32.2. The molecule has 0 bridgehead atoms. The molecule has 0 atom stereocenters. The lowest BCUT2D eigenvalue weighted by Gasteiger charge is -2.26. The molecule has 28 heavy (non-hydrogen) atoms. The first kappa shape index (κ1) is 21.1. The third-order valence-corrected chi connectivity index (χ3v) is 7.75. The number of nitrogens with one attached hydrogen (secondary N) is 1. The van der Waals surface area contributed by atoms with E-state index in [9.17, 15) is 13.2 Å². The fraction of sp³-hybridized carbons (Fsp3) is 0.667. The molecule has 1 aliphatic carbocycles. The topological polar surface area (TPSA) is 69.7 Å². The van der Waals surface area contributed by atoms with Crippen LogP contribution in [0.25, 0.3) is 0 Å². The van der Waals surface area contributed by atoms with Crippen LogP contribution in [0.3, 0.4) is 0 Å². The van der Waals surface area contributed by atoms with Crippen LogP contribution in [0.4, 0.5) is 4.79 Å². The van der Waals surface area contributed by atoms with Gasteiger partial charge in [0.15, 0.2) is 0 Å². The van der Waals surface area contributed by atoms with Crippen molar-refractivity contribution in [1.29, 1.82) is 0 Å². The first-order valence-electron chi connectivity index (χ1n) is 10.6. The molecule has 7 heteroatoms. The summed E-state index contributed by atoms with van der Waals surface area (Å²) < 4.78 is 27.4. The van der Waals surface area contributed by atoms with Crippen molar-refractivity contribution in [2.75, 3.05) is 26.2 Å². The highest BCUT2D eigenvalue weighted by Gasteiger charge is 2.28. The van der Waals surface area contributed by atoms with E-state index in [2.05, 4.69) is 5.32 Å². The molecule has 0 spiro atoms. The minimum Gasteiger partial charge on any atom is -0.335 e. The van der Waals surface area contributed by atoms with Crippen LogP contribution in [0.15, 0.2) is 29.2 Å². The Morgan fingerprint density at radius 2 is 1.54 bits per heavy atom. The van der Waals surface area contributed by atoms with E-state index < -0.39 is 10.0 Å². The normalized spacial score (nSPS) is 20.8. The van der Waals surface area contributed by atoms with Crippen molar-refractivity contribution < 1.29 is 13.2 Å². The van der Waals surface area contributed by atoms with E-state index >= 15 is 0 Å². The van der Waals surface area contributed by atoms with Crippen LogP contribution in [-0.2, 0) is 10.0 Å². The van der Waals surface area contributed by atoms with Gasteiger partial charge in [0.2, 0.25) is 10.0 Å². The molecular formula is C21H33N3O3S. The van der Waals surface area contributed by atoms with Crippen LogP contribution in [0.1, 0.15) is 56.9 Å². The number of hydrogen-bond donors (Lipinski definition) is 1. The summed E-state index contributed by atoms with van der Waals surface area (Å²) in [6.45, 7) is 3.76. The van der Waals surface area contributed by atoms with Crippen molar-refractivity contribution >= 4 is 16.1 Å². The standard InChI is InChI=1S/C21H33N3O3S/c1-18-10-12-20(13-11-18)28(26,27)24-15-7-14-23(16-17-24)21(25)22-19-8-5-3-2-4-6-9-19/h10-13,19H,2-9,14-17H2,1H3,(H,22,25). The summed E-state index contributed by atoms with van der Waals surface area (Å²) >= 11 is 0. The summed E-state index contributed by atoms with van der Waals surface area (Å²) in [7, 11) is -3.51. The number of urea groups is 1. The number of amides is 2. The summed E-state index contributed by atoms with van der Waals surface area (Å²) in [6.07, 6.45) is 8.91. The molecule has 1 aromatic carbocycles. The predicted molar refractivity (Wildman–Crippen MR) is 111 cm³/mol. The third kappa shape index (κ3) is 5.47. The van der Waals surface area contributed by atoms with Crippen molar-refractivity contribution in [3.05, 3.63) is 29.8 Å².